The summed E-state index contributed by atoms with van der Waals surface area (Å²) >= 11 is -1.22. The monoisotopic (exact) mass is 391 g/mol. The topological polar surface area (TPSA) is 79.2 Å². The number of nitrogens with zero attached hydrogens (tertiary/aromatic N) is 2. The molecule has 6 nitrogen and oxygen atoms in total. The van der Waals surface area contributed by atoms with Crippen LogP contribution in [0.3, 0.4) is 0 Å². The lowest BCUT2D eigenvalue weighted by Crippen LogP contribution is -2.40. The van der Waals surface area contributed by atoms with E-state index in [2.05, 4.69) is 4.72 Å². The van der Waals surface area contributed by atoms with E-state index < -0.39 is 17.0 Å². The van der Waals surface area contributed by atoms with Crippen LogP contribution in [0.2, 0.25) is 0 Å². The number of hydrogen-bond donors (Lipinski definition) is 1. The zero-order valence-corrected chi connectivity index (χ0v) is 18.0. The van der Waals surface area contributed by atoms with Crippen LogP contribution in [0.1, 0.15) is 63.5 Å². The Morgan fingerprint density at radius 2 is 2.00 bits per heavy atom. The van der Waals surface area contributed by atoms with Crippen LogP contribution in [0.25, 0.3) is 10.9 Å². The van der Waals surface area contributed by atoms with E-state index in [0.29, 0.717) is 16.7 Å². The summed E-state index contributed by atoms with van der Waals surface area (Å²) in [6, 6.07) is 3.68. The summed E-state index contributed by atoms with van der Waals surface area (Å²) in [6.07, 6.45) is 1.72. The van der Waals surface area contributed by atoms with Gasteiger partial charge in [0.1, 0.15) is 16.2 Å². The average Bonchev–Trinajstić information content (AvgIpc) is 3.38. The van der Waals surface area contributed by atoms with E-state index in [1.54, 1.807) is 18.7 Å². The molecule has 0 aliphatic heterocycles. The number of fused-ring (bicyclic) bond motifs is 1. The van der Waals surface area contributed by atoms with Crippen molar-refractivity contribution in [1.29, 1.82) is 0 Å². The van der Waals surface area contributed by atoms with Gasteiger partial charge in [0, 0.05) is 31.1 Å². The first-order valence-corrected chi connectivity index (χ1v) is 10.4. The van der Waals surface area contributed by atoms with E-state index in [0.717, 1.165) is 24.0 Å². The highest BCUT2D eigenvalue weighted by Crippen LogP contribution is 2.47. The number of aryl methyl sites for hydroxylation is 1. The van der Waals surface area contributed by atoms with E-state index in [1.807, 2.05) is 46.8 Å². The Hall–Kier alpha value is -1.41. The van der Waals surface area contributed by atoms with Gasteiger partial charge in [0.2, 0.25) is 0 Å². The van der Waals surface area contributed by atoms with E-state index in [4.69, 9.17) is 9.72 Å². The van der Waals surface area contributed by atoms with Gasteiger partial charge in [-0.3, -0.25) is 9.36 Å². The third-order valence-corrected chi connectivity index (χ3v) is 6.84. The molecule has 0 saturated heterocycles. The van der Waals surface area contributed by atoms with Crippen LogP contribution in [0.5, 0.6) is 0 Å². The minimum absolute atomic E-state index is 0.0765. The Labute approximate surface area is 163 Å². The molecule has 2 aromatic rings. The largest absolute Gasteiger partial charge is 0.598 e. The molecule has 1 N–H and O–H groups in total. The lowest BCUT2D eigenvalue weighted by atomic mass is 10.0. The molecule has 0 bridgehead atoms. The van der Waals surface area contributed by atoms with E-state index in [-0.39, 0.29) is 16.3 Å². The molecule has 1 aliphatic rings. The zero-order chi connectivity index (χ0) is 20.1. The van der Waals surface area contributed by atoms with E-state index >= 15 is 0 Å². The molecule has 1 saturated carbocycles. The molecule has 0 radical (unpaired) electrons. The van der Waals surface area contributed by atoms with Gasteiger partial charge >= 0.3 is 0 Å². The number of nitrogens with one attached hydrogen (secondary N) is 1. The molecule has 0 amide bonds. The van der Waals surface area contributed by atoms with Crippen molar-refractivity contribution >= 4 is 22.3 Å². The van der Waals surface area contributed by atoms with Crippen LogP contribution in [-0.2, 0) is 28.7 Å². The fourth-order valence-electron chi connectivity index (χ4n) is 3.32. The average molecular weight is 392 g/mol. The first-order valence-electron chi connectivity index (χ1n) is 9.25. The van der Waals surface area contributed by atoms with Crippen molar-refractivity contribution < 1.29 is 9.29 Å². The van der Waals surface area contributed by atoms with Gasteiger partial charge in [-0.25, -0.2) is 4.98 Å². The summed E-state index contributed by atoms with van der Waals surface area (Å²) in [4.78, 5) is 17.9. The van der Waals surface area contributed by atoms with Crippen LogP contribution >= 0.6 is 0 Å². The number of methoxy groups -OCH3 is 1. The van der Waals surface area contributed by atoms with Gasteiger partial charge < -0.3 is 9.29 Å². The Bertz CT molecular complexity index is 929. The summed E-state index contributed by atoms with van der Waals surface area (Å²) in [6.45, 7) is 9.71. The summed E-state index contributed by atoms with van der Waals surface area (Å²) in [5.74, 6) is 0.664. The fourth-order valence-corrected chi connectivity index (χ4v) is 4.12. The number of rotatable bonds is 5. The molecule has 1 heterocycles. The van der Waals surface area contributed by atoms with Gasteiger partial charge in [0.05, 0.1) is 16.9 Å². The van der Waals surface area contributed by atoms with Gasteiger partial charge in [-0.1, -0.05) is 6.07 Å². The standard InChI is InChI=1S/C20H29N3O3S/c1-12-10-14(13(2)22-27(25)19(3,4)5)16-15(11-12)17(24)23(6)18(21-16)20(26-7)8-9-20/h10-11,13,22H,8-9H2,1-7H3/t13?,27-/m1/s1. The second-order valence-electron chi connectivity index (χ2n) is 8.47. The van der Waals surface area contributed by atoms with Crippen LogP contribution in [0.15, 0.2) is 16.9 Å². The van der Waals surface area contributed by atoms with Gasteiger partial charge in [-0.05, 0) is 59.1 Å². The Morgan fingerprint density at radius 1 is 1.37 bits per heavy atom. The minimum atomic E-state index is -1.22. The molecule has 1 aromatic carbocycles. The van der Waals surface area contributed by atoms with Crippen molar-refractivity contribution in [2.45, 2.75) is 63.9 Å². The quantitative estimate of drug-likeness (QED) is 0.793. The Kier molecular flexibility index (Phi) is 5.18. The smallest absolute Gasteiger partial charge is 0.261 e. The Balaban J connectivity index is 2.17. The van der Waals surface area contributed by atoms with Crippen LogP contribution < -0.4 is 10.3 Å². The second kappa shape index (κ2) is 6.88. The number of hydrogen-bond acceptors (Lipinski definition) is 5. The normalized spacial score (nSPS) is 18.5. The predicted octanol–water partition coefficient (Wildman–Crippen LogP) is 2.99. The molecule has 27 heavy (non-hydrogen) atoms. The maximum atomic E-state index is 13.0. The number of aromatic nitrogens is 2. The Morgan fingerprint density at radius 3 is 2.52 bits per heavy atom. The maximum Gasteiger partial charge on any atom is 0.261 e. The molecule has 1 unspecified atom stereocenters. The van der Waals surface area contributed by atoms with Crippen molar-refractivity contribution in [3.05, 3.63) is 39.4 Å². The predicted molar refractivity (Wildman–Crippen MR) is 109 cm³/mol. The summed E-state index contributed by atoms with van der Waals surface area (Å²) in [5.41, 5.74) is 1.98. The molecule has 0 spiro atoms. The van der Waals surface area contributed by atoms with E-state index in [1.165, 1.54) is 0 Å². The lowest BCUT2D eigenvalue weighted by molar-refractivity contribution is 0.0678. The van der Waals surface area contributed by atoms with Crippen molar-refractivity contribution in [1.82, 2.24) is 14.3 Å². The number of benzene rings is 1. The SMILES string of the molecule is COC1(c2nc3c(C(C)N[S@+]([O-])C(C)(C)C)cc(C)cc3c(=O)n2C)CC1. The fraction of sp³-hybridized carbons (Fsp3) is 0.600. The molecular formula is C20H29N3O3S. The van der Waals surface area contributed by atoms with E-state index in [9.17, 15) is 9.35 Å². The highest BCUT2D eigenvalue weighted by Gasteiger charge is 2.48. The van der Waals surface area contributed by atoms with Gasteiger partial charge in [-0.2, -0.15) is 0 Å². The summed E-state index contributed by atoms with van der Waals surface area (Å²) in [7, 11) is 3.41. The molecule has 1 aromatic heterocycles. The highest BCUT2D eigenvalue weighted by molar-refractivity contribution is 7.90. The second-order valence-corrected chi connectivity index (χ2v) is 10.5. The molecule has 148 valence electrons. The summed E-state index contributed by atoms with van der Waals surface area (Å²) < 4.78 is 22.6. The van der Waals surface area contributed by atoms with Crippen molar-refractivity contribution in [3.63, 3.8) is 0 Å². The maximum absolute atomic E-state index is 13.0. The zero-order valence-electron chi connectivity index (χ0n) is 17.2. The molecule has 2 atom stereocenters. The molecule has 7 heteroatoms. The first-order chi connectivity index (χ1) is 12.5. The third kappa shape index (κ3) is 3.66. The van der Waals surface area contributed by atoms with Gasteiger partial charge in [-0.15, -0.1) is 4.72 Å². The molecule has 1 aliphatic carbocycles. The van der Waals surface area contributed by atoms with Crippen LogP contribution in [0, 0.1) is 6.92 Å². The number of ether oxygens (including phenoxy) is 1. The van der Waals surface area contributed by atoms with Gasteiger partial charge in [0.15, 0.2) is 0 Å². The molecule has 1 fully saturated rings. The summed E-state index contributed by atoms with van der Waals surface area (Å²) in [5, 5.41) is 0.582. The highest BCUT2D eigenvalue weighted by atomic mass is 32.2. The third-order valence-electron chi connectivity index (χ3n) is 5.16. The lowest BCUT2D eigenvalue weighted by Gasteiger charge is -2.27. The molecule has 3 rings (SSSR count). The van der Waals surface area contributed by atoms with Crippen LogP contribution in [-0.4, -0.2) is 26.0 Å². The van der Waals surface area contributed by atoms with Crippen molar-refractivity contribution in [2.75, 3.05) is 7.11 Å². The van der Waals surface area contributed by atoms with Gasteiger partial charge in [0.25, 0.3) is 5.56 Å². The molecular weight excluding hydrogens is 362 g/mol. The van der Waals surface area contributed by atoms with Crippen LogP contribution in [0.4, 0.5) is 0 Å². The van der Waals surface area contributed by atoms with Crippen molar-refractivity contribution in [3.8, 4) is 0 Å². The minimum Gasteiger partial charge on any atom is -0.598 e. The first kappa shape index (κ1) is 20.3. The van der Waals surface area contributed by atoms with Crippen molar-refractivity contribution in [2.24, 2.45) is 7.05 Å².